The Morgan fingerprint density at radius 2 is 2.38 bits per heavy atom. The van der Waals surface area contributed by atoms with E-state index in [2.05, 4.69) is 10.7 Å². The molecule has 2 aliphatic rings. The van der Waals surface area contributed by atoms with Crippen LogP contribution in [0.5, 0.6) is 0 Å². The molecule has 0 saturated carbocycles. The van der Waals surface area contributed by atoms with Gasteiger partial charge in [-0.3, -0.25) is 4.79 Å². The Balaban J connectivity index is 2.18. The van der Waals surface area contributed by atoms with Gasteiger partial charge in [0.25, 0.3) is 0 Å². The molecule has 0 spiro atoms. The van der Waals surface area contributed by atoms with Crippen molar-refractivity contribution in [2.75, 3.05) is 13.2 Å². The van der Waals surface area contributed by atoms with Gasteiger partial charge in [0, 0.05) is 12.5 Å². The van der Waals surface area contributed by atoms with E-state index >= 15 is 0 Å². The minimum absolute atomic E-state index is 0.0237. The lowest BCUT2D eigenvalue weighted by Crippen LogP contribution is -2.60. The van der Waals surface area contributed by atoms with Gasteiger partial charge in [0.05, 0.1) is 6.67 Å². The number of nitrogens with zero attached hydrogens (tertiary/aromatic N) is 1. The number of fused-ring (bicyclic) bond motifs is 1. The lowest BCUT2D eigenvalue weighted by molar-refractivity contribution is -0.131. The third-order valence-electron chi connectivity index (χ3n) is 2.90. The molecule has 5 heteroatoms. The van der Waals surface area contributed by atoms with Crippen LogP contribution in [0.4, 0.5) is 0 Å². The molecule has 2 fully saturated rings. The summed E-state index contributed by atoms with van der Waals surface area (Å²) >= 11 is 0. The summed E-state index contributed by atoms with van der Waals surface area (Å²) in [5.41, 5.74) is 3.05. The third-order valence-corrected chi connectivity index (χ3v) is 2.90. The summed E-state index contributed by atoms with van der Waals surface area (Å²) < 4.78 is 0. The molecule has 5 nitrogen and oxygen atoms in total. The monoisotopic (exact) mass is 183 g/mol. The maximum absolute atomic E-state index is 11.4. The van der Waals surface area contributed by atoms with E-state index in [4.69, 9.17) is 0 Å². The highest BCUT2D eigenvalue weighted by molar-refractivity contribution is 5.83. The third kappa shape index (κ3) is 1.24. The molecule has 2 N–H and O–H groups in total. The predicted octanol–water partition coefficient (Wildman–Crippen LogP) is -1.29. The fourth-order valence-corrected chi connectivity index (χ4v) is 2.07. The van der Waals surface area contributed by atoms with Crippen molar-refractivity contribution in [3.8, 4) is 0 Å². The molecule has 2 aliphatic heterocycles. The Morgan fingerprint density at radius 3 is 3.00 bits per heavy atom. The average molecular weight is 183 g/mol. The van der Waals surface area contributed by atoms with E-state index in [1.807, 2.05) is 11.9 Å². The normalized spacial score (nSPS) is 39.8. The predicted molar refractivity (Wildman–Crippen MR) is 45.4 cm³/mol. The topological polar surface area (TPSA) is 61.4 Å². The minimum Gasteiger partial charge on any atom is -0.341 e. The van der Waals surface area contributed by atoms with Crippen LogP contribution >= 0.6 is 0 Å². The first-order valence-electron chi connectivity index (χ1n) is 4.47. The molecular formula is C8H13N3O2. The van der Waals surface area contributed by atoms with E-state index in [1.165, 1.54) is 0 Å². The highest BCUT2D eigenvalue weighted by Crippen LogP contribution is 2.27. The summed E-state index contributed by atoms with van der Waals surface area (Å²) in [4.78, 5) is 22.1. The van der Waals surface area contributed by atoms with Crippen molar-refractivity contribution in [1.29, 1.82) is 0 Å². The lowest BCUT2D eigenvalue weighted by Gasteiger charge is -2.31. The fraction of sp³-hybridized carbons (Fsp3) is 0.750. The van der Waals surface area contributed by atoms with E-state index in [-0.39, 0.29) is 23.8 Å². The van der Waals surface area contributed by atoms with Gasteiger partial charge in [0.1, 0.15) is 12.3 Å². The Labute approximate surface area is 76.4 Å². The molecule has 2 saturated heterocycles. The fourth-order valence-electron chi connectivity index (χ4n) is 2.07. The van der Waals surface area contributed by atoms with Crippen molar-refractivity contribution in [2.45, 2.75) is 13.0 Å². The van der Waals surface area contributed by atoms with Crippen molar-refractivity contribution >= 4 is 12.2 Å². The number of carbonyl (C=O) groups excluding carboxylic acids is 2. The molecular weight excluding hydrogens is 170 g/mol. The maximum atomic E-state index is 11.4. The van der Waals surface area contributed by atoms with E-state index in [9.17, 15) is 9.59 Å². The first-order valence-corrected chi connectivity index (χ1v) is 4.47. The van der Waals surface area contributed by atoms with Crippen molar-refractivity contribution in [2.24, 2.45) is 11.8 Å². The molecule has 0 radical (unpaired) electrons. The van der Waals surface area contributed by atoms with Gasteiger partial charge in [0.2, 0.25) is 5.91 Å². The molecule has 0 aliphatic carbocycles. The lowest BCUT2D eigenvalue weighted by atomic mass is 9.93. The molecule has 0 bridgehead atoms. The molecule has 3 atom stereocenters. The quantitative estimate of drug-likeness (QED) is 0.497. The summed E-state index contributed by atoms with van der Waals surface area (Å²) in [5.74, 6) is 0.0993. The van der Waals surface area contributed by atoms with Crippen LogP contribution in [0.1, 0.15) is 6.92 Å². The summed E-state index contributed by atoms with van der Waals surface area (Å²) in [6.45, 7) is 3.05. The van der Waals surface area contributed by atoms with Gasteiger partial charge in [-0.2, -0.15) is 0 Å². The number of aldehydes is 1. The van der Waals surface area contributed by atoms with Crippen LogP contribution < -0.4 is 10.7 Å². The Kier molecular flexibility index (Phi) is 2.05. The van der Waals surface area contributed by atoms with Crippen LogP contribution in [0, 0.1) is 11.8 Å². The van der Waals surface area contributed by atoms with Gasteiger partial charge < -0.3 is 10.1 Å². The molecule has 72 valence electrons. The van der Waals surface area contributed by atoms with Crippen molar-refractivity contribution in [3.63, 3.8) is 0 Å². The smallest absolute Gasteiger partial charge is 0.240 e. The molecule has 2 rings (SSSR count). The molecule has 2 heterocycles. The summed E-state index contributed by atoms with van der Waals surface area (Å²) in [5, 5.41) is 4.58. The Bertz CT molecular complexity index is 244. The van der Waals surface area contributed by atoms with Crippen LogP contribution in [0.25, 0.3) is 0 Å². The maximum Gasteiger partial charge on any atom is 0.240 e. The van der Waals surface area contributed by atoms with Gasteiger partial charge in [-0.15, -0.1) is 0 Å². The van der Waals surface area contributed by atoms with Gasteiger partial charge in [0.15, 0.2) is 0 Å². The second-order valence-electron chi connectivity index (χ2n) is 3.63. The summed E-state index contributed by atoms with van der Waals surface area (Å²) in [7, 11) is 0. The van der Waals surface area contributed by atoms with Crippen LogP contribution in [0.3, 0.4) is 0 Å². The molecule has 0 aromatic heterocycles. The Morgan fingerprint density at radius 1 is 1.62 bits per heavy atom. The van der Waals surface area contributed by atoms with Gasteiger partial charge in [-0.05, 0) is 5.92 Å². The SMILES string of the molecule is CC1C(C=O)CN2NCNC(=O)C12. The van der Waals surface area contributed by atoms with Crippen LogP contribution in [0.2, 0.25) is 0 Å². The van der Waals surface area contributed by atoms with Crippen molar-refractivity contribution in [1.82, 2.24) is 15.8 Å². The van der Waals surface area contributed by atoms with Crippen LogP contribution in [-0.2, 0) is 9.59 Å². The summed E-state index contributed by atoms with van der Waals surface area (Å²) in [6, 6.07) is -0.177. The number of hydrogen-bond donors (Lipinski definition) is 2. The number of rotatable bonds is 1. The highest BCUT2D eigenvalue weighted by Gasteiger charge is 2.44. The van der Waals surface area contributed by atoms with E-state index in [0.29, 0.717) is 13.2 Å². The number of hydrogen-bond acceptors (Lipinski definition) is 4. The number of carbonyl (C=O) groups is 2. The zero-order valence-corrected chi connectivity index (χ0v) is 7.49. The molecule has 0 aromatic carbocycles. The van der Waals surface area contributed by atoms with Gasteiger partial charge in [-0.1, -0.05) is 6.92 Å². The molecule has 0 aromatic rings. The van der Waals surface area contributed by atoms with Crippen LogP contribution in [0.15, 0.2) is 0 Å². The van der Waals surface area contributed by atoms with Gasteiger partial charge >= 0.3 is 0 Å². The second kappa shape index (κ2) is 3.08. The molecule has 1 amide bonds. The zero-order valence-electron chi connectivity index (χ0n) is 7.49. The highest BCUT2D eigenvalue weighted by atomic mass is 16.2. The van der Waals surface area contributed by atoms with Crippen LogP contribution in [-0.4, -0.2) is 36.5 Å². The molecule has 13 heavy (non-hydrogen) atoms. The average Bonchev–Trinajstić information content (AvgIpc) is 2.44. The first-order chi connectivity index (χ1) is 6.24. The van der Waals surface area contributed by atoms with Crippen molar-refractivity contribution < 1.29 is 9.59 Å². The van der Waals surface area contributed by atoms with E-state index in [0.717, 1.165) is 6.29 Å². The number of nitrogens with one attached hydrogen (secondary N) is 2. The van der Waals surface area contributed by atoms with E-state index < -0.39 is 0 Å². The number of amides is 1. The zero-order chi connectivity index (χ0) is 9.42. The second-order valence-corrected chi connectivity index (χ2v) is 3.63. The standard InChI is InChI=1S/C8H13N3O2/c1-5-6(3-12)2-11-7(5)8(13)9-4-10-11/h3,5-7,10H,2,4H2,1H3,(H,9,13). The van der Waals surface area contributed by atoms with Crippen molar-refractivity contribution in [3.05, 3.63) is 0 Å². The first kappa shape index (κ1) is 8.65. The van der Waals surface area contributed by atoms with Gasteiger partial charge in [-0.25, -0.2) is 10.4 Å². The minimum atomic E-state index is -0.177. The Hall–Kier alpha value is -0.940. The molecule has 3 unspecified atom stereocenters. The largest absolute Gasteiger partial charge is 0.341 e. The summed E-state index contributed by atoms with van der Waals surface area (Å²) in [6.07, 6.45) is 0.942. The van der Waals surface area contributed by atoms with E-state index in [1.54, 1.807) is 0 Å². The number of hydrazine groups is 1.